The van der Waals surface area contributed by atoms with Gasteiger partial charge < -0.3 is 19.7 Å². The average molecular weight is 230 g/mol. The van der Waals surface area contributed by atoms with Crippen LogP contribution in [0.2, 0.25) is 0 Å². The van der Waals surface area contributed by atoms with Crippen molar-refractivity contribution in [2.24, 2.45) is 0 Å². The summed E-state index contributed by atoms with van der Waals surface area (Å²) in [5.41, 5.74) is -0.425. The normalized spacial score (nSPS) is 10.4. The van der Waals surface area contributed by atoms with Crippen LogP contribution in [-0.2, 0) is 11.5 Å². The lowest BCUT2D eigenvalue weighted by molar-refractivity contribution is 0.0406. The van der Waals surface area contributed by atoms with Gasteiger partial charge in [-0.15, -0.1) is 0 Å². The summed E-state index contributed by atoms with van der Waals surface area (Å²) < 4.78 is 11.6. The molecule has 0 bridgehead atoms. The van der Waals surface area contributed by atoms with Gasteiger partial charge in [0.05, 0.1) is 19.8 Å². The highest BCUT2D eigenvalue weighted by molar-refractivity contribution is 4.98. The quantitative estimate of drug-likeness (QED) is 0.558. The maximum absolute atomic E-state index is 11.0. The topological polar surface area (TPSA) is 93.8 Å². The number of ether oxygens (including phenoxy) is 2. The second kappa shape index (κ2) is 6.94. The van der Waals surface area contributed by atoms with E-state index >= 15 is 0 Å². The zero-order chi connectivity index (χ0) is 11.8. The molecule has 0 radical (unpaired) electrons. The van der Waals surface area contributed by atoms with Gasteiger partial charge in [-0.2, -0.15) is 4.98 Å². The van der Waals surface area contributed by atoms with Crippen molar-refractivity contribution in [2.75, 3.05) is 26.4 Å². The lowest BCUT2D eigenvalue weighted by Crippen LogP contribution is -2.18. The molecule has 1 aromatic heterocycles. The first-order valence-corrected chi connectivity index (χ1v) is 4.77. The Balaban J connectivity index is 2.68. The van der Waals surface area contributed by atoms with Crippen molar-refractivity contribution in [2.45, 2.75) is 6.73 Å². The Morgan fingerprint density at radius 3 is 2.75 bits per heavy atom. The number of rotatable bonds is 7. The number of aromatic nitrogens is 2. The Morgan fingerprint density at radius 2 is 2.06 bits per heavy atom. The molecule has 1 aromatic rings. The molecular formula is C9H14N2O5. The Bertz CT molecular complexity index is 365. The van der Waals surface area contributed by atoms with Crippen molar-refractivity contribution < 1.29 is 19.7 Å². The van der Waals surface area contributed by atoms with Crippen molar-refractivity contribution in [3.8, 4) is 6.01 Å². The van der Waals surface area contributed by atoms with Crippen molar-refractivity contribution in [1.29, 1.82) is 0 Å². The molecule has 0 fully saturated rings. The first-order valence-electron chi connectivity index (χ1n) is 4.77. The van der Waals surface area contributed by atoms with Crippen LogP contribution in [0.4, 0.5) is 0 Å². The minimum absolute atomic E-state index is 0.0520. The largest absolute Gasteiger partial charge is 0.462 e. The molecule has 7 nitrogen and oxygen atoms in total. The monoisotopic (exact) mass is 230 g/mol. The van der Waals surface area contributed by atoms with Gasteiger partial charge in [-0.05, 0) is 0 Å². The SMILES string of the molecule is O=c1ccn(COCCO)c(OCCO)n1. The molecule has 0 amide bonds. The van der Waals surface area contributed by atoms with Crippen LogP contribution in [0, 0.1) is 0 Å². The summed E-state index contributed by atoms with van der Waals surface area (Å²) in [7, 11) is 0. The fraction of sp³-hybridized carbons (Fsp3) is 0.556. The Kier molecular flexibility index (Phi) is 5.48. The van der Waals surface area contributed by atoms with E-state index in [9.17, 15) is 4.79 Å². The van der Waals surface area contributed by atoms with E-state index in [2.05, 4.69) is 4.98 Å². The standard InChI is InChI=1S/C9H14N2O5/c12-3-5-15-7-11-2-1-8(14)10-9(11)16-6-4-13/h1-2,12-13H,3-7H2. The molecule has 0 aliphatic rings. The Hall–Kier alpha value is -1.44. The van der Waals surface area contributed by atoms with E-state index in [0.29, 0.717) is 0 Å². The molecule has 0 saturated heterocycles. The summed E-state index contributed by atoms with van der Waals surface area (Å²) in [6, 6.07) is 1.35. The fourth-order valence-electron chi connectivity index (χ4n) is 0.991. The molecule has 0 aromatic carbocycles. The highest BCUT2D eigenvalue weighted by Gasteiger charge is 2.03. The number of nitrogens with zero attached hydrogens (tertiary/aromatic N) is 2. The molecule has 2 N–H and O–H groups in total. The van der Waals surface area contributed by atoms with Gasteiger partial charge in [0.15, 0.2) is 0 Å². The van der Waals surface area contributed by atoms with Crippen LogP contribution in [0.3, 0.4) is 0 Å². The third-order valence-electron chi connectivity index (χ3n) is 1.64. The first kappa shape index (κ1) is 12.6. The summed E-state index contributed by atoms with van der Waals surface area (Å²) in [5, 5.41) is 17.1. The summed E-state index contributed by atoms with van der Waals surface area (Å²) >= 11 is 0. The molecule has 90 valence electrons. The maximum atomic E-state index is 11.0. The zero-order valence-corrected chi connectivity index (χ0v) is 8.70. The van der Waals surface area contributed by atoms with Crippen LogP contribution in [0.5, 0.6) is 6.01 Å². The van der Waals surface area contributed by atoms with Crippen LogP contribution in [0.15, 0.2) is 17.1 Å². The summed E-state index contributed by atoms with van der Waals surface area (Å²) in [6.07, 6.45) is 1.47. The smallest absolute Gasteiger partial charge is 0.301 e. The van der Waals surface area contributed by atoms with Crippen LogP contribution < -0.4 is 10.3 Å². The van der Waals surface area contributed by atoms with E-state index in [1.807, 2.05) is 0 Å². The minimum Gasteiger partial charge on any atom is -0.462 e. The third kappa shape index (κ3) is 3.97. The lowest BCUT2D eigenvalue weighted by Gasteiger charge is -2.11. The van der Waals surface area contributed by atoms with Gasteiger partial charge >= 0.3 is 6.01 Å². The molecule has 0 spiro atoms. The van der Waals surface area contributed by atoms with Gasteiger partial charge in [0.2, 0.25) is 0 Å². The van der Waals surface area contributed by atoms with Crippen molar-refractivity contribution >= 4 is 0 Å². The lowest BCUT2D eigenvalue weighted by atomic mass is 10.6. The second-order valence-electron chi connectivity index (χ2n) is 2.85. The maximum Gasteiger partial charge on any atom is 0.301 e. The van der Waals surface area contributed by atoms with Crippen LogP contribution in [0.25, 0.3) is 0 Å². The first-order chi connectivity index (χ1) is 7.77. The molecule has 16 heavy (non-hydrogen) atoms. The predicted octanol–water partition coefficient (Wildman–Crippen LogP) is -1.42. The molecular weight excluding hydrogens is 216 g/mol. The van der Waals surface area contributed by atoms with E-state index in [1.165, 1.54) is 16.8 Å². The van der Waals surface area contributed by atoms with Crippen molar-refractivity contribution in [3.05, 3.63) is 22.6 Å². The van der Waals surface area contributed by atoms with E-state index in [1.54, 1.807) is 0 Å². The van der Waals surface area contributed by atoms with Crippen LogP contribution in [0.1, 0.15) is 0 Å². The number of aliphatic hydroxyl groups is 2. The highest BCUT2D eigenvalue weighted by Crippen LogP contribution is 2.03. The molecule has 7 heteroatoms. The van der Waals surface area contributed by atoms with Gasteiger partial charge in [-0.3, -0.25) is 9.36 Å². The van der Waals surface area contributed by atoms with Crippen molar-refractivity contribution in [3.63, 3.8) is 0 Å². The highest BCUT2D eigenvalue weighted by atomic mass is 16.5. The predicted molar refractivity (Wildman–Crippen MR) is 54.1 cm³/mol. The molecule has 0 saturated carbocycles. The molecule has 0 aliphatic carbocycles. The summed E-state index contributed by atoms with van der Waals surface area (Å²) in [6.45, 7) is 0.110. The number of hydrogen-bond acceptors (Lipinski definition) is 6. The zero-order valence-electron chi connectivity index (χ0n) is 8.70. The fourth-order valence-corrected chi connectivity index (χ4v) is 0.991. The molecule has 0 aliphatic heterocycles. The molecule has 1 heterocycles. The average Bonchev–Trinajstić information content (AvgIpc) is 2.29. The van der Waals surface area contributed by atoms with Crippen LogP contribution >= 0.6 is 0 Å². The Morgan fingerprint density at radius 1 is 1.31 bits per heavy atom. The molecule has 1 rings (SSSR count). The van der Waals surface area contributed by atoms with E-state index in [4.69, 9.17) is 19.7 Å². The number of hydrogen-bond donors (Lipinski definition) is 2. The molecule has 0 unspecified atom stereocenters. The van der Waals surface area contributed by atoms with E-state index in [0.717, 1.165) is 0 Å². The minimum atomic E-state index is -0.425. The van der Waals surface area contributed by atoms with E-state index < -0.39 is 5.56 Å². The molecule has 0 atom stereocenters. The third-order valence-corrected chi connectivity index (χ3v) is 1.64. The van der Waals surface area contributed by atoms with Gasteiger partial charge in [-0.25, -0.2) is 0 Å². The summed E-state index contributed by atoms with van der Waals surface area (Å²) in [4.78, 5) is 14.6. The number of aliphatic hydroxyl groups excluding tert-OH is 2. The Labute approximate surface area is 91.9 Å². The van der Waals surface area contributed by atoms with Gasteiger partial charge in [0.1, 0.15) is 13.3 Å². The van der Waals surface area contributed by atoms with E-state index in [-0.39, 0.29) is 39.2 Å². The van der Waals surface area contributed by atoms with Gasteiger partial charge in [0, 0.05) is 12.3 Å². The van der Waals surface area contributed by atoms with Crippen LogP contribution in [-0.4, -0.2) is 46.2 Å². The van der Waals surface area contributed by atoms with Gasteiger partial charge in [0.25, 0.3) is 5.56 Å². The summed E-state index contributed by atoms with van der Waals surface area (Å²) in [5.74, 6) is 0. The van der Waals surface area contributed by atoms with Crippen molar-refractivity contribution in [1.82, 2.24) is 9.55 Å². The van der Waals surface area contributed by atoms with Gasteiger partial charge in [-0.1, -0.05) is 0 Å². The second-order valence-corrected chi connectivity index (χ2v) is 2.85.